The third kappa shape index (κ3) is 2.91. The maximum Gasteiger partial charge on any atom is 0.275 e. The topological polar surface area (TPSA) is 74.6 Å². The fourth-order valence-corrected chi connectivity index (χ4v) is 1.34. The lowest BCUT2D eigenvalue weighted by molar-refractivity contribution is 0.0952. The van der Waals surface area contributed by atoms with E-state index in [0.29, 0.717) is 5.69 Å². The summed E-state index contributed by atoms with van der Waals surface area (Å²) in [6, 6.07) is 11.6. The van der Waals surface area contributed by atoms with Gasteiger partial charge in [0, 0.05) is 6.20 Å². The summed E-state index contributed by atoms with van der Waals surface area (Å²) < 4.78 is 0. The molecule has 0 unspecified atom stereocenters. The number of hydrazone groups is 1. The number of benzene rings is 1. The van der Waals surface area contributed by atoms with E-state index in [2.05, 4.69) is 15.5 Å². The van der Waals surface area contributed by atoms with Gasteiger partial charge in [0.15, 0.2) is 0 Å². The van der Waals surface area contributed by atoms with Crippen molar-refractivity contribution in [3.05, 3.63) is 59.9 Å². The van der Waals surface area contributed by atoms with Crippen LogP contribution in [0.5, 0.6) is 5.75 Å². The third-order valence-electron chi connectivity index (χ3n) is 2.20. The van der Waals surface area contributed by atoms with E-state index in [-0.39, 0.29) is 11.3 Å². The Hall–Kier alpha value is -2.69. The van der Waals surface area contributed by atoms with Crippen molar-refractivity contribution >= 4 is 12.1 Å². The zero-order chi connectivity index (χ0) is 12.8. The number of amides is 1. The van der Waals surface area contributed by atoms with Crippen LogP contribution in [0.3, 0.4) is 0 Å². The maximum absolute atomic E-state index is 11.7. The molecule has 90 valence electrons. The Balaban J connectivity index is 2.01. The smallest absolute Gasteiger partial charge is 0.275 e. The van der Waals surface area contributed by atoms with Crippen molar-refractivity contribution < 1.29 is 9.90 Å². The minimum atomic E-state index is -0.472. The number of hydrogen-bond acceptors (Lipinski definition) is 4. The molecule has 0 spiro atoms. The molecule has 2 rings (SSSR count). The van der Waals surface area contributed by atoms with Gasteiger partial charge < -0.3 is 5.11 Å². The Bertz CT molecular complexity index is 567. The lowest BCUT2D eigenvalue weighted by Crippen LogP contribution is -2.17. The van der Waals surface area contributed by atoms with Crippen molar-refractivity contribution in [2.45, 2.75) is 0 Å². The zero-order valence-corrected chi connectivity index (χ0v) is 9.45. The van der Waals surface area contributed by atoms with E-state index < -0.39 is 5.91 Å². The summed E-state index contributed by atoms with van der Waals surface area (Å²) in [4.78, 5) is 15.7. The van der Waals surface area contributed by atoms with E-state index in [1.807, 2.05) is 6.07 Å². The van der Waals surface area contributed by atoms with Gasteiger partial charge in [-0.1, -0.05) is 18.2 Å². The Morgan fingerprint density at radius 3 is 2.72 bits per heavy atom. The molecule has 1 amide bonds. The quantitative estimate of drug-likeness (QED) is 0.632. The standard InChI is InChI=1S/C13H11N3O2/c17-12-7-2-1-6-11(12)13(18)16-15-9-10-5-3-4-8-14-10/h1-9,17H,(H,16,18)/b15-9+. The van der Waals surface area contributed by atoms with E-state index in [1.165, 1.54) is 18.3 Å². The Labute approximate surface area is 104 Å². The highest BCUT2D eigenvalue weighted by Crippen LogP contribution is 2.14. The number of phenolic OH excluding ortho intramolecular Hbond substituents is 1. The first-order valence-electron chi connectivity index (χ1n) is 5.30. The molecule has 0 radical (unpaired) electrons. The minimum Gasteiger partial charge on any atom is -0.507 e. The number of phenols is 1. The van der Waals surface area contributed by atoms with Crippen LogP contribution >= 0.6 is 0 Å². The van der Waals surface area contributed by atoms with E-state index in [4.69, 9.17) is 0 Å². The van der Waals surface area contributed by atoms with E-state index in [9.17, 15) is 9.90 Å². The Morgan fingerprint density at radius 2 is 2.00 bits per heavy atom. The molecule has 0 aliphatic heterocycles. The van der Waals surface area contributed by atoms with Crippen molar-refractivity contribution in [1.29, 1.82) is 0 Å². The van der Waals surface area contributed by atoms with E-state index >= 15 is 0 Å². The number of pyridine rings is 1. The van der Waals surface area contributed by atoms with Gasteiger partial charge in [0.2, 0.25) is 0 Å². The van der Waals surface area contributed by atoms with Crippen LogP contribution < -0.4 is 5.43 Å². The molecule has 0 aliphatic carbocycles. The molecule has 5 nitrogen and oxygen atoms in total. The molecule has 1 aromatic heterocycles. The summed E-state index contributed by atoms with van der Waals surface area (Å²) in [5.74, 6) is -0.552. The van der Waals surface area contributed by atoms with Gasteiger partial charge in [-0.25, -0.2) is 5.43 Å². The number of rotatable bonds is 3. The molecule has 0 aliphatic rings. The molecule has 1 heterocycles. The van der Waals surface area contributed by atoms with Gasteiger partial charge in [0.1, 0.15) is 5.75 Å². The minimum absolute atomic E-state index is 0.0805. The molecule has 1 aromatic carbocycles. The molecule has 2 N–H and O–H groups in total. The van der Waals surface area contributed by atoms with Crippen LogP contribution in [0.2, 0.25) is 0 Å². The lowest BCUT2D eigenvalue weighted by Gasteiger charge is -2.01. The summed E-state index contributed by atoms with van der Waals surface area (Å²) in [6.07, 6.45) is 3.06. The molecule has 0 fully saturated rings. The average molecular weight is 241 g/mol. The first-order chi connectivity index (χ1) is 8.77. The molecule has 0 saturated carbocycles. The normalized spacial score (nSPS) is 10.4. The zero-order valence-electron chi connectivity index (χ0n) is 9.45. The predicted octanol–water partition coefficient (Wildman–Crippen LogP) is 1.55. The second kappa shape index (κ2) is 5.58. The molecular weight excluding hydrogens is 230 g/mol. The van der Waals surface area contributed by atoms with Crippen LogP contribution in [0, 0.1) is 0 Å². The van der Waals surface area contributed by atoms with Gasteiger partial charge in [-0.3, -0.25) is 9.78 Å². The van der Waals surface area contributed by atoms with E-state index in [1.54, 1.807) is 30.5 Å². The second-order valence-electron chi connectivity index (χ2n) is 3.47. The van der Waals surface area contributed by atoms with Gasteiger partial charge in [-0.15, -0.1) is 0 Å². The van der Waals surface area contributed by atoms with Crippen molar-refractivity contribution in [2.24, 2.45) is 5.10 Å². The van der Waals surface area contributed by atoms with Gasteiger partial charge in [-0.05, 0) is 24.3 Å². The number of nitrogens with one attached hydrogen (secondary N) is 1. The fourth-order valence-electron chi connectivity index (χ4n) is 1.34. The molecule has 0 bridgehead atoms. The van der Waals surface area contributed by atoms with Crippen molar-refractivity contribution in [3.63, 3.8) is 0 Å². The van der Waals surface area contributed by atoms with Gasteiger partial charge >= 0.3 is 0 Å². The second-order valence-corrected chi connectivity index (χ2v) is 3.47. The molecule has 2 aromatic rings. The highest BCUT2D eigenvalue weighted by Gasteiger charge is 2.08. The highest BCUT2D eigenvalue weighted by atomic mass is 16.3. The van der Waals surface area contributed by atoms with Crippen LogP contribution in [0.25, 0.3) is 0 Å². The number of carbonyl (C=O) groups is 1. The first kappa shape index (κ1) is 11.8. The summed E-state index contributed by atoms with van der Waals surface area (Å²) in [6.45, 7) is 0. The molecule has 0 atom stereocenters. The summed E-state index contributed by atoms with van der Waals surface area (Å²) in [5, 5.41) is 13.2. The van der Waals surface area contributed by atoms with E-state index in [0.717, 1.165) is 0 Å². The van der Waals surface area contributed by atoms with Crippen molar-refractivity contribution in [3.8, 4) is 5.75 Å². The number of aromatic hydroxyl groups is 1. The van der Waals surface area contributed by atoms with Crippen molar-refractivity contribution in [1.82, 2.24) is 10.4 Å². The third-order valence-corrected chi connectivity index (χ3v) is 2.20. The number of aromatic nitrogens is 1. The average Bonchev–Trinajstić information content (AvgIpc) is 2.40. The number of hydrogen-bond donors (Lipinski definition) is 2. The number of nitrogens with zero attached hydrogens (tertiary/aromatic N) is 2. The number of para-hydroxylation sites is 1. The van der Waals surface area contributed by atoms with Crippen LogP contribution in [0.1, 0.15) is 16.1 Å². The summed E-state index contributed by atoms with van der Waals surface area (Å²) >= 11 is 0. The van der Waals surface area contributed by atoms with Crippen LogP contribution in [-0.2, 0) is 0 Å². The molecule has 0 saturated heterocycles. The predicted molar refractivity (Wildman–Crippen MR) is 67.4 cm³/mol. The molecular formula is C13H11N3O2. The Morgan fingerprint density at radius 1 is 1.22 bits per heavy atom. The lowest BCUT2D eigenvalue weighted by atomic mass is 10.2. The molecule has 18 heavy (non-hydrogen) atoms. The van der Waals surface area contributed by atoms with Crippen molar-refractivity contribution in [2.75, 3.05) is 0 Å². The molecule has 5 heteroatoms. The highest BCUT2D eigenvalue weighted by molar-refractivity contribution is 5.97. The summed E-state index contributed by atoms with van der Waals surface area (Å²) in [5.41, 5.74) is 3.13. The fraction of sp³-hybridized carbons (Fsp3) is 0. The Kier molecular flexibility index (Phi) is 3.66. The van der Waals surface area contributed by atoms with Gasteiger partial charge in [0.25, 0.3) is 5.91 Å². The number of carbonyl (C=O) groups excluding carboxylic acids is 1. The SMILES string of the molecule is O=C(N/N=C/c1ccccn1)c1ccccc1O. The maximum atomic E-state index is 11.7. The first-order valence-corrected chi connectivity index (χ1v) is 5.30. The van der Waals surface area contributed by atoms with Gasteiger partial charge in [0.05, 0.1) is 17.5 Å². The van der Waals surface area contributed by atoms with Gasteiger partial charge in [-0.2, -0.15) is 5.10 Å². The largest absolute Gasteiger partial charge is 0.507 e. The monoisotopic (exact) mass is 241 g/mol. The van der Waals surface area contributed by atoms with Crippen LogP contribution in [-0.4, -0.2) is 22.2 Å². The van der Waals surface area contributed by atoms with Crippen LogP contribution in [0.15, 0.2) is 53.8 Å². The summed E-state index contributed by atoms with van der Waals surface area (Å²) in [7, 11) is 0. The van der Waals surface area contributed by atoms with Crippen LogP contribution in [0.4, 0.5) is 0 Å².